The Bertz CT molecular complexity index is 984. The van der Waals surface area contributed by atoms with Gasteiger partial charge in [-0.15, -0.1) is 0 Å². The maximum absolute atomic E-state index is 12.6. The van der Waals surface area contributed by atoms with Gasteiger partial charge in [-0.25, -0.2) is 0 Å². The lowest BCUT2D eigenvalue weighted by Gasteiger charge is -2.18. The van der Waals surface area contributed by atoms with E-state index in [1.54, 1.807) is 4.90 Å². The van der Waals surface area contributed by atoms with Gasteiger partial charge in [-0.2, -0.15) is 0 Å². The van der Waals surface area contributed by atoms with Gasteiger partial charge < -0.3 is 10.0 Å². The minimum Gasteiger partial charge on any atom is -0.481 e. The summed E-state index contributed by atoms with van der Waals surface area (Å²) >= 11 is 0. The molecule has 0 saturated carbocycles. The molecule has 1 atom stereocenters. The molecule has 3 aromatic rings. The van der Waals surface area contributed by atoms with Crippen LogP contribution in [0.25, 0.3) is 0 Å². The Kier molecular flexibility index (Phi) is 8.61. The molecule has 0 spiro atoms. The molecule has 0 bridgehead atoms. The molecule has 0 saturated heterocycles. The van der Waals surface area contributed by atoms with E-state index in [1.807, 2.05) is 55.6 Å². The highest BCUT2D eigenvalue weighted by molar-refractivity contribution is 5.78. The van der Waals surface area contributed by atoms with Crippen LogP contribution in [0, 0.1) is 0 Å². The van der Waals surface area contributed by atoms with Crippen LogP contribution < -0.4 is 0 Å². The molecule has 3 rings (SSSR count). The van der Waals surface area contributed by atoms with E-state index in [4.69, 9.17) is 5.11 Å². The molecule has 0 radical (unpaired) electrons. The number of amides is 1. The molecule has 0 aliphatic heterocycles. The van der Waals surface area contributed by atoms with E-state index < -0.39 is 5.97 Å². The van der Waals surface area contributed by atoms with Crippen LogP contribution in [-0.4, -0.2) is 35.5 Å². The first-order valence-corrected chi connectivity index (χ1v) is 11.1. The van der Waals surface area contributed by atoms with Gasteiger partial charge in [0.25, 0.3) is 0 Å². The van der Waals surface area contributed by atoms with Crippen LogP contribution in [0.1, 0.15) is 41.0 Å². The maximum atomic E-state index is 12.6. The number of aliphatic carboxylic acids is 1. The minimum absolute atomic E-state index is 0.109. The Morgan fingerprint density at radius 1 is 0.812 bits per heavy atom. The summed E-state index contributed by atoms with van der Waals surface area (Å²) in [7, 11) is 1.85. The third-order valence-corrected chi connectivity index (χ3v) is 5.84. The maximum Gasteiger partial charge on any atom is 0.303 e. The van der Waals surface area contributed by atoms with Gasteiger partial charge in [0.2, 0.25) is 5.91 Å². The standard InChI is InChI=1S/C28H31NO3/c1-29(19-18-22-8-4-2-5-9-22)27(30)21-24-14-12-23(13-15-24)20-26(16-17-28(31)32)25-10-6-3-7-11-25/h2-15,26H,16-21H2,1H3,(H,31,32). The van der Waals surface area contributed by atoms with Crippen molar-refractivity contribution in [3.8, 4) is 0 Å². The summed E-state index contributed by atoms with van der Waals surface area (Å²) < 4.78 is 0. The third kappa shape index (κ3) is 7.38. The van der Waals surface area contributed by atoms with Gasteiger partial charge in [-0.3, -0.25) is 9.59 Å². The second-order valence-corrected chi connectivity index (χ2v) is 8.29. The molecule has 4 nitrogen and oxygen atoms in total. The molecular weight excluding hydrogens is 398 g/mol. The van der Waals surface area contributed by atoms with Crippen LogP contribution in [-0.2, 0) is 28.9 Å². The molecule has 3 aromatic carbocycles. The molecule has 32 heavy (non-hydrogen) atoms. The predicted octanol–water partition coefficient (Wildman–Crippen LogP) is 5.12. The Morgan fingerprint density at radius 3 is 2.03 bits per heavy atom. The van der Waals surface area contributed by atoms with Crippen LogP contribution in [0.2, 0.25) is 0 Å². The lowest BCUT2D eigenvalue weighted by molar-refractivity contribution is -0.137. The number of carbonyl (C=O) groups is 2. The highest BCUT2D eigenvalue weighted by atomic mass is 16.4. The van der Waals surface area contributed by atoms with Crippen molar-refractivity contribution in [1.29, 1.82) is 0 Å². The lowest BCUT2D eigenvalue weighted by atomic mass is 9.88. The molecule has 166 valence electrons. The summed E-state index contributed by atoms with van der Waals surface area (Å²) in [5, 5.41) is 9.11. The highest BCUT2D eigenvalue weighted by Gasteiger charge is 2.15. The number of carbonyl (C=O) groups excluding carboxylic acids is 1. The zero-order valence-electron chi connectivity index (χ0n) is 18.6. The van der Waals surface area contributed by atoms with Crippen LogP contribution in [0.4, 0.5) is 0 Å². The van der Waals surface area contributed by atoms with Gasteiger partial charge in [0.1, 0.15) is 0 Å². The lowest BCUT2D eigenvalue weighted by Crippen LogP contribution is -2.30. The van der Waals surface area contributed by atoms with Gasteiger partial charge in [-0.05, 0) is 47.4 Å². The molecule has 0 fully saturated rings. The van der Waals surface area contributed by atoms with Gasteiger partial charge >= 0.3 is 5.97 Å². The second-order valence-electron chi connectivity index (χ2n) is 8.29. The number of hydrogen-bond donors (Lipinski definition) is 1. The van der Waals surface area contributed by atoms with E-state index in [2.05, 4.69) is 36.4 Å². The molecule has 1 N–H and O–H groups in total. The third-order valence-electron chi connectivity index (χ3n) is 5.84. The quantitative estimate of drug-likeness (QED) is 0.460. The monoisotopic (exact) mass is 429 g/mol. The average molecular weight is 430 g/mol. The van der Waals surface area contributed by atoms with Crippen molar-refractivity contribution in [2.75, 3.05) is 13.6 Å². The molecule has 1 amide bonds. The minimum atomic E-state index is -0.767. The van der Waals surface area contributed by atoms with E-state index in [9.17, 15) is 9.59 Å². The molecule has 0 aliphatic rings. The molecule has 0 aliphatic carbocycles. The van der Waals surface area contributed by atoms with Gasteiger partial charge in [0.05, 0.1) is 6.42 Å². The van der Waals surface area contributed by atoms with Gasteiger partial charge in [0.15, 0.2) is 0 Å². The van der Waals surface area contributed by atoms with Crippen molar-refractivity contribution in [2.24, 2.45) is 0 Å². The Morgan fingerprint density at radius 2 is 1.41 bits per heavy atom. The van der Waals surface area contributed by atoms with Gasteiger partial charge in [0, 0.05) is 20.0 Å². The predicted molar refractivity (Wildman–Crippen MR) is 128 cm³/mol. The molecular formula is C28H31NO3. The van der Waals surface area contributed by atoms with E-state index in [1.165, 1.54) is 5.56 Å². The van der Waals surface area contributed by atoms with Crippen molar-refractivity contribution in [3.63, 3.8) is 0 Å². The number of rotatable bonds is 11. The topological polar surface area (TPSA) is 57.6 Å². The van der Waals surface area contributed by atoms with E-state index in [0.29, 0.717) is 19.4 Å². The zero-order valence-corrected chi connectivity index (χ0v) is 18.6. The Hall–Kier alpha value is -3.40. The van der Waals surface area contributed by atoms with Crippen LogP contribution in [0.15, 0.2) is 84.9 Å². The summed E-state index contributed by atoms with van der Waals surface area (Å²) in [6, 6.07) is 28.4. The fraction of sp³-hybridized carbons (Fsp3) is 0.286. The van der Waals surface area contributed by atoms with Gasteiger partial charge in [-0.1, -0.05) is 84.9 Å². The molecule has 4 heteroatoms. The normalized spacial score (nSPS) is 11.7. The van der Waals surface area contributed by atoms with Crippen molar-refractivity contribution in [3.05, 3.63) is 107 Å². The Labute approximate surface area is 190 Å². The summed E-state index contributed by atoms with van der Waals surface area (Å²) in [5.74, 6) is -0.502. The first-order chi connectivity index (χ1) is 15.5. The second kappa shape index (κ2) is 11.8. The smallest absolute Gasteiger partial charge is 0.303 e. The fourth-order valence-electron chi connectivity index (χ4n) is 3.86. The summed E-state index contributed by atoms with van der Waals surface area (Å²) in [6.07, 6.45) is 2.77. The van der Waals surface area contributed by atoms with Crippen LogP contribution in [0.3, 0.4) is 0 Å². The summed E-state index contributed by atoms with van der Waals surface area (Å²) in [5.41, 5.74) is 4.53. The number of carboxylic acid groups (broad SMARTS) is 1. The van der Waals surface area contributed by atoms with Crippen molar-refractivity contribution >= 4 is 11.9 Å². The van der Waals surface area contributed by atoms with Crippen molar-refractivity contribution in [2.45, 2.75) is 38.0 Å². The Balaban J connectivity index is 1.55. The van der Waals surface area contributed by atoms with E-state index >= 15 is 0 Å². The fourth-order valence-corrected chi connectivity index (χ4v) is 3.86. The van der Waals surface area contributed by atoms with Crippen molar-refractivity contribution < 1.29 is 14.7 Å². The molecule has 1 unspecified atom stereocenters. The molecule has 0 heterocycles. The largest absolute Gasteiger partial charge is 0.481 e. The van der Waals surface area contributed by atoms with Crippen LogP contribution >= 0.6 is 0 Å². The number of hydrogen-bond acceptors (Lipinski definition) is 2. The number of carboxylic acids is 1. The molecule has 0 aromatic heterocycles. The van der Waals surface area contributed by atoms with E-state index in [0.717, 1.165) is 29.5 Å². The zero-order chi connectivity index (χ0) is 22.8. The number of benzene rings is 3. The summed E-state index contributed by atoms with van der Waals surface area (Å²) in [6.45, 7) is 0.698. The number of likely N-dealkylation sites (N-methyl/N-ethyl adjacent to an activating group) is 1. The average Bonchev–Trinajstić information content (AvgIpc) is 2.82. The van der Waals surface area contributed by atoms with Crippen LogP contribution in [0.5, 0.6) is 0 Å². The number of nitrogens with zero attached hydrogens (tertiary/aromatic N) is 1. The van der Waals surface area contributed by atoms with Crippen molar-refractivity contribution in [1.82, 2.24) is 4.90 Å². The van der Waals surface area contributed by atoms with E-state index in [-0.39, 0.29) is 18.2 Å². The summed E-state index contributed by atoms with van der Waals surface area (Å²) in [4.78, 5) is 25.5. The first-order valence-electron chi connectivity index (χ1n) is 11.1. The highest BCUT2D eigenvalue weighted by Crippen LogP contribution is 2.26. The SMILES string of the molecule is CN(CCc1ccccc1)C(=O)Cc1ccc(CC(CCC(=O)O)c2ccccc2)cc1. The first kappa shape index (κ1) is 23.3.